The maximum Gasteiger partial charge on any atom is 0.222 e. The Kier molecular flexibility index (Phi) is 3.64. The normalized spacial score (nSPS) is 10.7. The Morgan fingerprint density at radius 1 is 1.41 bits per heavy atom. The molecule has 0 aliphatic rings. The Hall–Kier alpha value is -1.55. The van der Waals surface area contributed by atoms with Crippen LogP contribution in [0.25, 0.3) is 11.5 Å². The summed E-state index contributed by atoms with van der Waals surface area (Å²) in [5.74, 6) is 0.841. The first-order chi connectivity index (χ1) is 8.22. The standard InChI is InChI=1S/C12H14ClN3O/c1-2-3-5-8-10(9-6-4-7-17-9)15-12(14)16-11(8)13/h4,6-7H,2-3,5H2,1H3,(H2,14,15,16). The van der Waals surface area contributed by atoms with Gasteiger partial charge < -0.3 is 10.2 Å². The van der Waals surface area contributed by atoms with E-state index < -0.39 is 0 Å². The molecule has 0 radical (unpaired) electrons. The smallest absolute Gasteiger partial charge is 0.222 e. The second kappa shape index (κ2) is 5.19. The highest BCUT2D eigenvalue weighted by Crippen LogP contribution is 2.28. The van der Waals surface area contributed by atoms with Gasteiger partial charge in [0.15, 0.2) is 5.76 Å². The summed E-state index contributed by atoms with van der Waals surface area (Å²) in [5, 5.41) is 0.414. The zero-order chi connectivity index (χ0) is 12.3. The maximum atomic E-state index is 6.11. The van der Waals surface area contributed by atoms with E-state index in [1.54, 1.807) is 6.26 Å². The van der Waals surface area contributed by atoms with E-state index in [0.717, 1.165) is 24.8 Å². The van der Waals surface area contributed by atoms with Crippen molar-refractivity contribution in [2.45, 2.75) is 26.2 Å². The molecule has 2 rings (SSSR count). The molecule has 4 nitrogen and oxygen atoms in total. The second-order valence-corrected chi connectivity index (χ2v) is 4.14. The lowest BCUT2D eigenvalue weighted by atomic mass is 10.1. The van der Waals surface area contributed by atoms with Gasteiger partial charge in [0, 0.05) is 5.56 Å². The van der Waals surface area contributed by atoms with Crippen molar-refractivity contribution in [2.75, 3.05) is 5.73 Å². The number of nitrogen functional groups attached to an aromatic ring is 1. The van der Waals surface area contributed by atoms with Crippen molar-refractivity contribution in [1.82, 2.24) is 9.97 Å². The molecular weight excluding hydrogens is 238 g/mol. The largest absolute Gasteiger partial charge is 0.463 e. The molecule has 0 amide bonds. The zero-order valence-electron chi connectivity index (χ0n) is 9.61. The average Bonchev–Trinajstić information content (AvgIpc) is 2.80. The van der Waals surface area contributed by atoms with Gasteiger partial charge in [0.1, 0.15) is 10.8 Å². The molecule has 0 saturated heterocycles. The topological polar surface area (TPSA) is 64.9 Å². The molecule has 2 heterocycles. The zero-order valence-corrected chi connectivity index (χ0v) is 10.4. The minimum absolute atomic E-state index is 0.168. The van der Waals surface area contributed by atoms with Crippen LogP contribution in [0, 0.1) is 0 Å². The molecule has 2 aromatic heterocycles. The third-order valence-corrected chi connectivity index (χ3v) is 2.82. The number of halogens is 1. The number of unbranched alkanes of at least 4 members (excludes halogenated alkanes) is 1. The third kappa shape index (κ3) is 2.58. The molecule has 0 saturated carbocycles. The first-order valence-electron chi connectivity index (χ1n) is 5.58. The Morgan fingerprint density at radius 2 is 2.24 bits per heavy atom. The predicted molar refractivity (Wildman–Crippen MR) is 67.8 cm³/mol. The molecule has 2 aromatic rings. The number of hydrogen-bond acceptors (Lipinski definition) is 4. The second-order valence-electron chi connectivity index (χ2n) is 3.78. The molecule has 0 spiro atoms. The first kappa shape index (κ1) is 11.9. The average molecular weight is 252 g/mol. The van der Waals surface area contributed by atoms with Gasteiger partial charge in [-0.15, -0.1) is 0 Å². The highest BCUT2D eigenvalue weighted by molar-refractivity contribution is 6.30. The van der Waals surface area contributed by atoms with Gasteiger partial charge in [0.2, 0.25) is 5.95 Å². The van der Waals surface area contributed by atoms with Gasteiger partial charge in [-0.2, -0.15) is 0 Å². The van der Waals surface area contributed by atoms with Crippen molar-refractivity contribution >= 4 is 17.5 Å². The van der Waals surface area contributed by atoms with Crippen molar-refractivity contribution in [1.29, 1.82) is 0 Å². The van der Waals surface area contributed by atoms with Crippen molar-refractivity contribution < 1.29 is 4.42 Å². The molecule has 0 fully saturated rings. The van der Waals surface area contributed by atoms with E-state index in [1.165, 1.54) is 0 Å². The van der Waals surface area contributed by atoms with Gasteiger partial charge in [-0.25, -0.2) is 9.97 Å². The highest BCUT2D eigenvalue weighted by Gasteiger charge is 2.15. The summed E-state index contributed by atoms with van der Waals surface area (Å²) < 4.78 is 5.35. The number of aromatic nitrogens is 2. The minimum atomic E-state index is 0.168. The molecule has 90 valence electrons. The van der Waals surface area contributed by atoms with Crippen LogP contribution in [0.2, 0.25) is 5.15 Å². The van der Waals surface area contributed by atoms with Gasteiger partial charge in [-0.05, 0) is 25.0 Å². The molecule has 2 N–H and O–H groups in total. The number of anilines is 1. The molecule has 0 aliphatic heterocycles. The SMILES string of the molecule is CCCCc1c(Cl)nc(N)nc1-c1ccco1. The number of rotatable bonds is 4. The Labute approximate surface area is 105 Å². The van der Waals surface area contributed by atoms with E-state index in [9.17, 15) is 0 Å². The maximum absolute atomic E-state index is 6.11. The monoisotopic (exact) mass is 251 g/mol. The minimum Gasteiger partial charge on any atom is -0.463 e. The summed E-state index contributed by atoms with van der Waals surface area (Å²) >= 11 is 6.11. The molecular formula is C12H14ClN3O. The molecule has 0 aromatic carbocycles. The van der Waals surface area contributed by atoms with E-state index in [0.29, 0.717) is 16.6 Å². The quantitative estimate of drug-likeness (QED) is 0.847. The summed E-state index contributed by atoms with van der Waals surface area (Å²) in [6.45, 7) is 2.12. The Morgan fingerprint density at radius 3 is 2.88 bits per heavy atom. The van der Waals surface area contributed by atoms with Crippen LogP contribution in [0.4, 0.5) is 5.95 Å². The van der Waals surface area contributed by atoms with E-state index in [4.69, 9.17) is 21.8 Å². The van der Waals surface area contributed by atoms with Crippen LogP contribution in [0.15, 0.2) is 22.8 Å². The van der Waals surface area contributed by atoms with Crippen LogP contribution in [0.5, 0.6) is 0 Å². The summed E-state index contributed by atoms with van der Waals surface area (Å²) in [6.07, 6.45) is 4.54. The molecule has 0 aliphatic carbocycles. The molecule has 0 bridgehead atoms. The fourth-order valence-electron chi connectivity index (χ4n) is 1.66. The molecule has 0 unspecified atom stereocenters. The van der Waals surface area contributed by atoms with Crippen LogP contribution in [-0.4, -0.2) is 9.97 Å². The Balaban J connectivity index is 2.47. The number of nitrogens with two attached hydrogens (primary N) is 1. The summed E-state index contributed by atoms with van der Waals surface area (Å²) in [6, 6.07) is 3.65. The lowest BCUT2D eigenvalue weighted by Crippen LogP contribution is -2.02. The summed E-state index contributed by atoms with van der Waals surface area (Å²) in [4.78, 5) is 8.21. The fourth-order valence-corrected chi connectivity index (χ4v) is 1.94. The van der Waals surface area contributed by atoms with Gasteiger partial charge in [0.25, 0.3) is 0 Å². The van der Waals surface area contributed by atoms with Crippen LogP contribution in [0.3, 0.4) is 0 Å². The van der Waals surface area contributed by atoms with Crippen LogP contribution < -0.4 is 5.73 Å². The predicted octanol–water partition coefficient (Wildman–Crippen LogP) is 3.31. The van der Waals surface area contributed by atoms with E-state index in [2.05, 4.69) is 16.9 Å². The van der Waals surface area contributed by atoms with E-state index in [-0.39, 0.29) is 5.95 Å². The summed E-state index contributed by atoms with van der Waals surface area (Å²) in [5.41, 5.74) is 7.21. The van der Waals surface area contributed by atoms with E-state index >= 15 is 0 Å². The van der Waals surface area contributed by atoms with Gasteiger partial charge in [0.05, 0.1) is 6.26 Å². The van der Waals surface area contributed by atoms with E-state index in [1.807, 2.05) is 12.1 Å². The van der Waals surface area contributed by atoms with Crippen LogP contribution in [-0.2, 0) is 6.42 Å². The lowest BCUT2D eigenvalue weighted by molar-refractivity contribution is 0.578. The molecule has 17 heavy (non-hydrogen) atoms. The number of furan rings is 1. The molecule has 0 atom stereocenters. The lowest BCUT2D eigenvalue weighted by Gasteiger charge is -2.08. The number of nitrogens with zero attached hydrogens (tertiary/aromatic N) is 2. The van der Waals surface area contributed by atoms with Crippen molar-refractivity contribution in [3.63, 3.8) is 0 Å². The van der Waals surface area contributed by atoms with Crippen molar-refractivity contribution in [3.8, 4) is 11.5 Å². The Bertz CT molecular complexity index is 497. The van der Waals surface area contributed by atoms with Crippen molar-refractivity contribution in [3.05, 3.63) is 29.1 Å². The molecule has 5 heteroatoms. The third-order valence-electron chi connectivity index (χ3n) is 2.51. The van der Waals surface area contributed by atoms with Gasteiger partial charge >= 0.3 is 0 Å². The van der Waals surface area contributed by atoms with Crippen molar-refractivity contribution in [2.24, 2.45) is 0 Å². The first-order valence-corrected chi connectivity index (χ1v) is 5.96. The highest BCUT2D eigenvalue weighted by atomic mass is 35.5. The van der Waals surface area contributed by atoms with Crippen LogP contribution >= 0.6 is 11.6 Å². The number of hydrogen-bond donors (Lipinski definition) is 1. The van der Waals surface area contributed by atoms with Crippen LogP contribution in [0.1, 0.15) is 25.3 Å². The summed E-state index contributed by atoms with van der Waals surface area (Å²) in [7, 11) is 0. The fraction of sp³-hybridized carbons (Fsp3) is 0.333. The van der Waals surface area contributed by atoms with Gasteiger partial charge in [-0.3, -0.25) is 0 Å². The van der Waals surface area contributed by atoms with Gasteiger partial charge in [-0.1, -0.05) is 24.9 Å².